The lowest BCUT2D eigenvalue weighted by atomic mass is 9.92. The molecule has 1 unspecified atom stereocenters. The molecule has 0 N–H and O–H groups in total. The van der Waals surface area contributed by atoms with Gasteiger partial charge in [-0.15, -0.1) is 0 Å². The normalized spacial score (nSPS) is 11.7. The van der Waals surface area contributed by atoms with Crippen LogP contribution in [0.15, 0.2) is 46.9 Å². The monoisotopic (exact) mass is 351 g/mol. The Hall–Kier alpha value is -1.70. The average Bonchev–Trinajstić information content (AvgIpc) is 2.44. The third kappa shape index (κ3) is 2.90. The van der Waals surface area contributed by atoms with Gasteiger partial charge in [-0.25, -0.2) is 4.39 Å². The van der Waals surface area contributed by atoms with Gasteiger partial charge < -0.3 is 0 Å². The van der Waals surface area contributed by atoms with Gasteiger partial charge in [0.15, 0.2) is 5.78 Å². The summed E-state index contributed by atoms with van der Waals surface area (Å²) in [4.78, 5) is 12.4. The second kappa shape index (κ2) is 6.17. The van der Waals surface area contributed by atoms with E-state index in [0.29, 0.717) is 15.1 Å². The van der Waals surface area contributed by atoms with Crippen LogP contribution in [0.2, 0.25) is 5.02 Å². The van der Waals surface area contributed by atoms with Gasteiger partial charge >= 0.3 is 0 Å². The van der Waals surface area contributed by atoms with E-state index in [-0.39, 0.29) is 5.56 Å². The summed E-state index contributed by atoms with van der Waals surface area (Å²) in [5.41, 5.74) is 0.536. The van der Waals surface area contributed by atoms with Crippen molar-refractivity contribution in [2.75, 3.05) is 0 Å². The highest BCUT2D eigenvalue weighted by Crippen LogP contribution is 2.29. The standard InChI is InChI=1S/C15H8BrClFNO/c16-13-6-5-9(18)7-11(13)15(20)12(8-19)10-3-1-2-4-14(10)17/h1-7,12H. The van der Waals surface area contributed by atoms with Crippen LogP contribution in [-0.4, -0.2) is 5.78 Å². The van der Waals surface area contributed by atoms with E-state index in [0.717, 1.165) is 6.07 Å². The molecule has 2 aromatic rings. The molecule has 0 aliphatic rings. The van der Waals surface area contributed by atoms with Crippen molar-refractivity contribution in [3.63, 3.8) is 0 Å². The van der Waals surface area contributed by atoms with Crippen LogP contribution in [-0.2, 0) is 0 Å². The van der Waals surface area contributed by atoms with Gasteiger partial charge in [0.1, 0.15) is 11.7 Å². The fourth-order valence-corrected chi connectivity index (χ4v) is 2.51. The van der Waals surface area contributed by atoms with Crippen LogP contribution in [0.3, 0.4) is 0 Å². The van der Waals surface area contributed by atoms with Crippen LogP contribution < -0.4 is 0 Å². The molecular formula is C15H8BrClFNO. The molecule has 5 heteroatoms. The lowest BCUT2D eigenvalue weighted by Crippen LogP contribution is -2.12. The molecule has 2 aromatic carbocycles. The van der Waals surface area contributed by atoms with Gasteiger partial charge in [0, 0.05) is 15.1 Å². The first-order chi connectivity index (χ1) is 9.54. The number of carbonyl (C=O) groups is 1. The molecule has 0 radical (unpaired) electrons. The summed E-state index contributed by atoms with van der Waals surface area (Å²) in [5.74, 6) is -2.10. The number of carbonyl (C=O) groups excluding carboxylic acids is 1. The smallest absolute Gasteiger partial charge is 0.185 e. The molecule has 0 heterocycles. The maximum Gasteiger partial charge on any atom is 0.185 e. The van der Waals surface area contributed by atoms with E-state index in [2.05, 4.69) is 15.9 Å². The largest absolute Gasteiger partial charge is 0.292 e. The summed E-state index contributed by atoms with van der Waals surface area (Å²) in [6.45, 7) is 0. The molecule has 2 nitrogen and oxygen atoms in total. The molecule has 0 saturated heterocycles. The van der Waals surface area contributed by atoms with Gasteiger partial charge in [0.05, 0.1) is 6.07 Å². The molecular weight excluding hydrogens is 345 g/mol. The van der Waals surface area contributed by atoms with Crippen molar-refractivity contribution in [3.05, 3.63) is 68.9 Å². The highest BCUT2D eigenvalue weighted by atomic mass is 79.9. The van der Waals surface area contributed by atoms with Crippen molar-refractivity contribution in [2.45, 2.75) is 5.92 Å². The molecule has 0 amide bonds. The number of hydrogen-bond acceptors (Lipinski definition) is 2. The number of ketones is 1. The van der Waals surface area contributed by atoms with E-state index in [1.807, 2.05) is 6.07 Å². The van der Waals surface area contributed by atoms with Gasteiger partial charge in [0.25, 0.3) is 0 Å². The lowest BCUT2D eigenvalue weighted by Gasteiger charge is -2.11. The highest BCUT2D eigenvalue weighted by molar-refractivity contribution is 9.10. The summed E-state index contributed by atoms with van der Waals surface area (Å²) >= 11 is 9.20. The zero-order valence-corrected chi connectivity index (χ0v) is 12.5. The van der Waals surface area contributed by atoms with Gasteiger partial charge in [-0.05, 0) is 29.8 Å². The van der Waals surface area contributed by atoms with E-state index < -0.39 is 17.5 Å². The minimum Gasteiger partial charge on any atom is -0.292 e. The zero-order chi connectivity index (χ0) is 14.7. The van der Waals surface area contributed by atoms with Gasteiger partial charge in [0.2, 0.25) is 0 Å². The van der Waals surface area contributed by atoms with Crippen molar-refractivity contribution in [3.8, 4) is 6.07 Å². The Morgan fingerprint density at radius 2 is 2.00 bits per heavy atom. The molecule has 0 saturated carbocycles. The number of benzene rings is 2. The predicted octanol–water partition coefficient (Wildman–Crippen LogP) is 4.73. The number of nitrogens with zero attached hydrogens (tertiary/aromatic N) is 1. The minimum absolute atomic E-state index is 0.122. The number of rotatable bonds is 3. The summed E-state index contributed by atoms with van der Waals surface area (Å²) < 4.78 is 13.7. The molecule has 1 atom stereocenters. The molecule has 100 valence electrons. The van der Waals surface area contributed by atoms with E-state index in [4.69, 9.17) is 11.6 Å². The number of hydrogen-bond donors (Lipinski definition) is 0. The first-order valence-electron chi connectivity index (χ1n) is 5.68. The first kappa shape index (κ1) is 14.7. The van der Waals surface area contributed by atoms with Gasteiger partial charge in [-0.3, -0.25) is 4.79 Å². The molecule has 0 fully saturated rings. The Balaban J connectivity index is 2.48. The van der Waals surface area contributed by atoms with Crippen LogP contribution in [0.25, 0.3) is 0 Å². The molecule has 0 bridgehead atoms. The molecule has 0 aromatic heterocycles. The van der Waals surface area contributed by atoms with Gasteiger partial charge in [-0.1, -0.05) is 45.7 Å². The van der Waals surface area contributed by atoms with Crippen LogP contribution >= 0.6 is 27.5 Å². The third-order valence-corrected chi connectivity index (χ3v) is 3.84. The van der Waals surface area contributed by atoms with Crippen molar-refractivity contribution in [1.82, 2.24) is 0 Å². The number of halogens is 3. The second-order valence-electron chi connectivity index (χ2n) is 4.07. The van der Waals surface area contributed by atoms with Crippen LogP contribution in [0.1, 0.15) is 21.8 Å². The molecule has 0 spiro atoms. The molecule has 0 aliphatic carbocycles. The predicted molar refractivity (Wildman–Crippen MR) is 78.2 cm³/mol. The van der Waals surface area contributed by atoms with Crippen molar-refractivity contribution >= 4 is 33.3 Å². The fraction of sp³-hybridized carbons (Fsp3) is 0.0667. The Labute approximate surface area is 128 Å². The Morgan fingerprint density at radius 3 is 2.65 bits per heavy atom. The second-order valence-corrected chi connectivity index (χ2v) is 5.33. The van der Waals surface area contributed by atoms with Crippen LogP contribution in [0.5, 0.6) is 0 Å². The average molecular weight is 353 g/mol. The Morgan fingerprint density at radius 1 is 1.30 bits per heavy atom. The SMILES string of the molecule is N#CC(C(=O)c1cc(F)ccc1Br)c1ccccc1Cl. The van der Waals surface area contributed by atoms with E-state index >= 15 is 0 Å². The molecule has 2 rings (SSSR count). The number of Topliss-reactive ketones (excluding diaryl/α,β-unsaturated/α-hetero) is 1. The summed E-state index contributed by atoms with van der Waals surface area (Å²) in [7, 11) is 0. The van der Waals surface area contributed by atoms with Crippen molar-refractivity contribution in [1.29, 1.82) is 5.26 Å². The van der Waals surface area contributed by atoms with E-state index in [9.17, 15) is 14.4 Å². The van der Waals surface area contributed by atoms with Crippen molar-refractivity contribution in [2.24, 2.45) is 0 Å². The highest BCUT2D eigenvalue weighted by Gasteiger charge is 2.25. The quantitative estimate of drug-likeness (QED) is 0.749. The molecule has 20 heavy (non-hydrogen) atoms. The van der Waals surface area contributed by atoms with E-state index in [1.54, 1.807) is 24.3 Å². The lowest BCUT2D eigenvalue weighted by molar-refractivity contribution is 0.0977. The minimum atomic E-state index is -1.07. The molecule has 0 aliphatic heterocycles. The topological polar surface area (TPSA) is 40.9 Å². The maximum absolute atomic E-state index is 13.3. The van der Waals surface area contributed by atoms with E-state index in [1.165, 1.54) is 12.1 Å². The summed E-state index contributed by atoms with van der Waals surface area (Å²) in [6.07, 6.45) is 0. The third-order valence-electron chi connectivity index (χ3n) is 2.80. The Bertz CT molecular complexity index is 711. The summed E-state index contributed by atoms with van der Waals surface area (Å²) in [6, 6.07) is 12.3. The van der Waals surface area contributed by atoms with Gasteiger partial charge in [-0.2, -0.15) is 5.26 Å². The maximum atomic E-state index is 13.3. The van der Waals surface area contributed by atoms with Crippen LogP contribution in [0, 0.1) is 17.1 Å². The number of nitriles is 1. The fourth-order valence-electron chi connectivity index (χ4n) is 1.82. The van der Waals surface area contributed by atoms with Crippen molar-refractivity contribution < 1.29 is 9.18 Å². The van der Waals surface area contributed by atoms with Crippen LogP contribution in [0.4, 0.5) is 4.39 Å². The Kier molecular flexibility index (Phi) is 4.53. The first-order valence-corrected chi connectivity index (χ1v) is 6.85. The summed E-state index contributed by atoms with van der Waals surface area (Å²) in [5, 5.41) is 9.59. The zero-order valence-electron chi connectivity index (χ0n) is 10.1.